The van der Waals surface area contributed by atoms with Crippen molar-refractivity contribution in [2.75, 3.05) is 28.2 Å². The summed E-state index contributed by atoms with van der Waals surface area (Å²) in [5, 5.41) is 8.08. The Kier molecular flexibility index (Phi) is 16.9. The molecule has 6 nitrogen and oxygen atoms in total. The lowest BCUT2D eigenvalue weighted by Crippen LogP contribution is -2.27. The molecule has 0 saturated carbocycles. The third kappa shape index (κ3) is 11.7. The molecule has 0 fully saturated rings. The van der Waals surface area contributed by atoms with Crippen LogP contribution in [-0.2, 0) is 4.79 Å². The molecule has 44 heavy (non-hydrogen) atoms. The maximum atomic E-state index is 12.5. The van der Waals surface area contributed by atoms with E-state index in [1.54, 1.807) is 6.92 Å². The molecule has 4 aromatic rings. The van der Waals surface area contributed by atoms with Crippen molar-refractivity contribution in [1.82, 2.24) is 9.80 Å². The second-order valence-electron chi connectivity index (χ2n) is 10.3. The smallest absolute Gasteiger partial charge is 0.330 e. The van der Waals surface area contributed by atoms with Crippen LogP contribution in [0.2, 0.25) is 0 Å². The maximum absolute atomic E-state index is 12.5. The molecule has 0 aliphatic carbocycles. The minimum absolute atomic E-state index is 0. The second kappa shape index (κ2) is 19.8. The normalized spacial score (nSPS) is 11.4. The minimum Gasteiger partial charge on any atom is -0.478 e. The van der Waals surface area contributed by atoms with Crippen LogP contribution in [0.4, 0.5) is 0 Å². The first-order chi connectivity index (χ1) is 20.6. The molecule has 0 radical (unpaired) electrons. The zero-order chi connectivity index (χ0) is 31.8. The molecule has 7 heteroatoms. The van der Waals surface area contributed by atoms with Gasteiger partial charge in [0.25, 0.3) is 0 Å². The lowest BCUT2D eigenvalue weighted by atomic mass is 9.97. The summed E-state index contributed by atoms with van der Waals surface area (Å²) in [7, 11) is 7.72. The molecule has 0 heterocycles. The fourth-order valence-corrected chi connectivity index (χ4v) is 4.31. The lowest BCUT2D eigenvalue weighted by molar-refractivity contribution is -0.132. The average molecular weight is 615 g/mol. The number of likely N-dealkylation sites (N-methyl/N-ethyl adjacent to an activating group) is 2. The summed E-state index contributed by atoms with van der Waals surface area (Å²) in [5.74, 6) is -0.638. The Hall–Kier alpha value is -4.36. The molecule has 4 aromatic carbocycles. The highest BCUT2D eigenvalue weighted by atomic mass is 35.5. The number of aliphatic carboxylic acids is 1. The molecule has 0 saturated heterocycles. The monoisotopic (exact) mass is 614 g/mol. The topological polar surface area (TPSA) is 77.9 Å². The van der Waals surface area contributed by atoms with Gasteiger partial charge in [-0.05, 0) is 45.7 Å². The van der Waals surface area contributed by atoms with Gasteiger partial charge in [-0.25, -0.2) is 4.79 Å². The highest BCUT2D eigenvalue weighted by Gasteiger charge is 2.24. The van der Waals surface area contributed by atoms with Crippen molar-refractivity contribution in [3.05, 3.63) is 156 Å². The molecule has 0 aromatic heterocycles. The standard InChI is InChI=1S/2C16H17NO.C5H8O2.ClH/c2*1-17(2)15(13-9-5-3-6-10-13)16(18)14-11-7-4-8-12-14;1-3-4(2)5(6)7;/h2*3-12,15H,1-2H3;2-3H2,1H3,(H,6,7);1H. The SMILES string of the molecule is C=C(CC)C(=O)O.CN(C)C(C(=O)c1ccccc1)c1ccccc1.CN(C)C(C(=O)c1ccccc1)c1ccccc1.Cl. The molecule has 0 aliphatic rings. The number of ketones is 2. The number of carboxylic acids is 1. The zero-order valence-corrected chi connectivity index (χ0v) is 26.9. The predicted molar refractivity (Wildman–Crippen MR) is 182 cm³/mol. The molecule has 1 N–H and O–H groups in total. The third-order valence-corrected chi connectivity index (χ3v) is 6.61. The summed E-state index contributed by atoms with van der Waals surface area (Å²) in [4.78, 5) is 38.8. The van der Waals surface area contributed by atoms with Gasteiger partial charge in [0, 0.05) is 16.7 Å². The Labute approximate surface area is 268 Å². The van der Waals surface area contributed by atoms with Crippen molar-refractivity contribution in [3.8, 4) is 0 Å². The van der Waals surface area contributed by atoms with Crippen LogP contribution in [-0.4, -0.2) is 60.6 Å². The fourth-order valence-electron chi connectivity index (χ4n) is 4.31. The predicted octanol–water partition coefficient (Wildman–Crippen LogP) is 7.80. The first-order valence-corrected chi connectivity index (χ1v) is 14.1. The molecule has 0 amide bonds. The van der Waals surface area contributed by atoms with Crippen LogP contribution in [0.15, 0.2) is 133 Å². The van der Waals surface area contributed by atoms with Crippen LogP contribution < -0.4 is 0 Å². The Morgan fingerprint density at radius 2 is 0.864 bits per heavy atom. The average Bonchev–Trinajstić information content (AvgIpc) is 3.03. The van der Waals surface area contributed by atoms with Crippen molar-refractivity contribution in [2.45, 2.75) is 25.4 Å². The van der Waals surface area contributed by atoms with Crippen molar-refractivity contribution in [3.63, 3.8) is 0 Å². The molecule has 0 aliphatic heterocycles. The quantitative estimate of drug-likeness (QED) is 0.145. The van der Waals surface area contributed by atoms with Gasteiger partial charge in [0.1, 0.15) is 0 Å². The van der Waals surface area contributed by atoms with Gasteiger partial charge in [-0.1, -0.05) is 135 Å². The van der Waals surface area contributed by atoms with E-state index < -0.39 is 5.97 Å². The van der Waals surface area contributed by atoms with Gasteiger partial charge in [0.15, 0.2) is 11.6 Å². The molecular formula is C37H43ClN2O4. The van der Waals surface area contributed by atoms with E-state index in [0.29, 0.717) is 6.42 Å². The van der Waals surface area contributed by atoms with Crippen molar-refractivity contribution in [1.29, 1.82) is 0 Å². The van der Waals surface area contributed by atoms with E-state index in [0.717, 1.165) is 22.3 Å². The Morgan fingerprint density at radius 3 is 1.07 bits per heavy atom. The first kappa shape index (κ1) is 37.7. The number of hydrogen-bond acceptors (Lipinski definition) is 5. The van der Waals surface area contributed by atoms with E-state index in [4.69, 9.17) is 5.11 Å². The first-order valence-electron chi connectivity index (χ1n) is 14.1. The number of rotatable bonds is 10. The molecule has 232 valence electrons. The van der Waals surface area contributed by atoms with Gasteiger partial charge in [0.05, 0.1) is 12.1 Å². The number of benzene rings is 4. The van der Waals surface area contributed by atoms with Crippen molar-refractivity contribution in [2.24, 2.45) is 0 Å². The third-order valence-electron chi connectivity index (χ3n) is 6.61. The Balaban J connectivity index is 0.000000357. The summed E-state index contributed by atoms with van der Waals surface area (Å²) in [6.07, 6.45) is 0.523. The number of carboxylic acid groups (broad SMARTS) is 1. The van der Waals surface area contributed by atoms with Crippen LogP contribution in [0.1, 0.15) is 57.3 Å². The van der Waals surface area contributed by atoms with Gasteiger partial charge >= 0.3 is 5.97 Å². The largest absolute Gasteiger partial charge is 0.478 e. The van der Waals surface area contributed by atoms with E-state index in [2.05, 4.69) is 6.58 Å². The summed E-state index contributed by atoms with van der Waals surface area (Å²) >= 11 is 0. The van der Waals surface area contributed by atoms with Crippen LogP contribution in [0.5, 0.6) is 0 Å². The number of Topliss-reactive ketones (excluding diaryl/α,β-unsaturated/α-hetero) is 2. The van der Waals surface area contributed by atoms with Gasteiger partial charge in [-0.2, -0.15) is 0 Å². The molecular weight excluding hydrogens is 572 g/mol. The fraction of sp³-hybridized carbons (Fsp3) is 0.216. The van der Waals surface area contributed by atoms with Crippen molar-refractivity contribution < 1.29 is 19.5 Å². The second-order valence-corrected chi connectivity index (χ2v) is 10.3. The number of hydrogen-bond donors (Lipinski definition) is 1. The van der Waals surface area contributed by atoms with Crippen LogP contribution in [0.25, 0.3) is 0 Å². The van der Waals surface area contributed by atoms with Gasteiger partial charge in [-0.3, -0.25) is 19.4 Å². The number of carbonyl (C=O) groups excluding carboxylic acids is 2. The minimum atomic E-state index is -0.900. The van der Waals surface area contributed by atoms with E-state index in [-0.39, 0.29) is 41.6 Å². The number of halogens is 1. The summed E-state index contributed by atoms with van der Waals surface area (Å²) in [6, 6.07) is 38.2. The van der Waals surface area contributed by atoms with Gasteiger partial charge in [0.2, 0.25) is 0 Å². The van der Waals surface area contributed by atoms with E-state index in [1.165, 1.54) is 0 Å². The van der Waals surface area contributed by atoms with Crippen molar-refractivity contribution >= 4 is 29.9 Å². The highest BCUT2D eigenvalue weighted by Crippen LogP contribution is 2.24. The molecule has 4 rings (SSSR count). The molecule has 0 spiro atoms. The van der Waals surface area contributed by atoms with E-state index in [1.807, 2.05) is 159 Å². The van der Waals surface area contributed by atoms with Gasteiger partial charge in [-0.15, -0.1) is 12.4 Å². The van der Waals surface area contributed by atoms with Crippen LogP contribution in [0.3, 0.4) is 0 Å². The van der Waals surface area contributed by atoms with Crippen LogP contribution >= 0.6 is 12.4 Å². The van der Waals surface area contributed by atoms with Crippen LogP contribution in [0, 0.1) is 0 Å². The summed E-state index contributed by atoms with van der Waals surface area (Å²) in [5.41, 5.74) is 3.81. The van der Waals surface area contributed by atoms with Gasteiger partial charge < -0.3 is 5.11 Å². The maximum Gasteiger partial charge on any atom is 0.330 e. The Bertz CT molecular complexity index is 1330. The highest BCUT2D eigenvalue weighted by molar-refractivity contribution is 6.01. The summed E-state index contributed by atoms with van der Waals surface area (Å²) < 4.78 is 0. The van der Waals surface area contributed by atoms with E-state index in [9.17, 15) is 14.4 Å². The summed E-state index contributed by atoms with van der Waals surface area (Å²) in [6.45, 7) is 5.03. The molecule has 2 unspecified atom stereocenters. The Morgan fingerprint density at radius 1 is 0.591 bits per heavy atom. The molecule has 0 bridgehead atoms. The number of nitrogens with zero attached hydrogens (tertiary/aromatic N) is 2. The zero-order valence-electron chi connectivity index (χ0n) is 26.1. The molecule has 2 atom stereocenters. The number of carbonyl (C=O) groups is 3. The lowest BCUT2D eigenvalue weighted by Gasteiger charge is -2.23. The van der Waals surface area contributed by atoms with E-state index >= 15 is 0 Å².